The van der Waals surface area contributed by atoms with Crippen molar-refractivity contribution in [3.8, 4) is 0 Å². The Morgan fingerprint density at radius 3 is 2.83 bits per heavy atom. The molecule has 4 N–H and O–H groups in total. The third-order valence-electron chi connectivity index (χ3n) is 2.29. The molecule has 0 radical (unpaired) electrons. The molecular weight excluding hydrogens is 234 g/mol. The quantitative estimate of drug-likeness (QED) is 0.635. The van der Waals surface area contributed by atoms with E-state index in [4.69, 9.17) is 5.73 Å². The first-order valence-corrected chi connectivity index (χ1v) is 5.89. The summed E-state index contributed by atoms with van der Waals surface area (Å²) in [6.07, 6.45) is 2.47. The summed E-state index contributed by atoms with van der Waals surface area (Å²) >= 11 is 0. The average Bonchev–Trinajstić information content (AvgIpc) is 2.71. The van der Waals surface area contributed by atoms with E-state index in [0.717, 1.165) is 6.42 Å². The Morgan fingerprint density at radius 1 is 1.56 bits per heavy atom. The second-order valence-corrected chi connectivity index (χ2v) is 4.02. The van der Waals surface area contributed by atoms with Crippen LogP contribution >= 0.6 is 0 Å². The number of nitrogens with zero attached hydrogens (tertiary/aromatic N) is 2. The monoisotopic (exact) mass is 253 g/mol. The summed E-state index contributed by atoms with van der Waals surface area (Å²) in [5, 5.41) is 9.19. The van der Waals surface area contributed by atoms with Crippen LogP contribution in [0.25, 0.3) is 0 Å². The van der Waals surface area contributed by atoms with E-state index < -0.39 is 6.04 Å². The van der Waals surface area contributed by atoms with E-state index in [1.54, 1.807) is 19.2 Å². The average molecular weight is 253 g/mol. The fraction of sp³-hybridized carbons (Fsp3) is 0.545. The van der Waals surface area contributed by atoms with Gasteiger partial charge in [-0.25, -0.2) is 0 Å². The van der Waals surface area contributed by atoms with Crippen molar-refractivity contribution in [3.05, 3.63) is 12.3 Å². The van der Waals surface area contributed by atoms with E-state index in [0.29, 0.717) is 12.4 Å². The fourth-order valence-electron chi connectivity index (χ4n) is 1.37. The molecule has 0 spiro atoms. The Labute approximate surface area is 106 Å². The summed E-state index contributed by atoms with van der Waals surface area (Å²) in [5.41, 5.74) is 5.43. The van der Waals surface area contributed by atoms with Gasteiger partial charge in [-0.15, -0.1) is 0 Å². The molecule has 7 heteroatoms. The lowest BCUT2D eigenvalue weighted by atomic mass is 10.3. The number of rotatable bonds is 6. The molecule has 1 unspecified atom stereocenters. The number of aromatic nitrogens is 2. The number of hydrogen-bond acceptors (Lipinski definition) is 4. The molecule has 1 rings (SSSR count). The Bertz CT molecular complexity index is 415. The molecule has 1 heterocycles. The van der Waals surface area contributed by atoms with Gasteiger partial charge in [-0.05, 0) is 19.4 Å². The van der Waals surface area contributed by atoms with Gasteiger partial charge in [0, 0.05) is 12.7 Å². The second-order valence-electron chi connectivity index (χ2n) is 4.02. The van der Waals surface area contributed by atoms with Crippen molar-refractivity contribution in [2.24, 2.45) is 0 Å². The number of nitrogen functional groups attached to an aromatic ring is 1. The predicted molar refractivity (Wildman–Crippen MR) is 67.5 cm³/mol. The van der Waals surface area contributed by atoms with Crippen LogP contribution in [0.15, 0.2) is 12.3 Å². The van der Waals surface area contributed by atoms with E-state index in [1.807, 2.05) is 6.92 Å². The van der Waals surface area contributed by atoms with Crippen LogP contribution in [0.2, 0.25) is 0 Å². The van der Waals surface area contributed by atoms with Crippen LogP contribution in [-0.2, 0) is 16.1 Å². The zero-order valence-electron chi connectivity index (χ0n) is 10.6. The van der Waals surface area contributed by atoms with Crippen LogP contribution in [0, 0.1) is 0 Å². The SMILES string of the molecule is CCCNC(=O)C(C)NC(=O)Cn1ccc(N)n1. The topological polar surface area (TPSA) is 102 Å². The van der Waals surface area contributed by atoms with Gasteiger partial charge >= 0.3 is 0 Å². The Hall–Kier alpha value is -2.05. The zero-order valence-corrected chi connectivity index (χ0v) is 10.6. The van der Waals surface area contributed by atoms with Crippen LogP contribution in [0.4, 0.5) is 5.82 Å². The predicted octanol–water partition coefficient (Wildman–Crippen LogP) is -0.504. The number of anilines is 1. The summed E-state index contributed by atoms with van der Waals surface area (Å²) in [6, 6.07) is 1.04. The Balaban J connectivity index is 2.37. The van der Waals surface area contributed by atoms with Gasteiger partial charge in [-0.2, -0.15) is 5.10 Å². The molecule has 0 aliphatic heterocycles. The van der Waals surface area contributed by atoms with E-state index in [9.17, 15) is 9.59 Å². The number of carbonyl (C=O) groups excluding carboxylic acids is 2. The molecule has 7 nitrogen and oxygen atoms in total. The molecule has 100 valence electrons. The molecule has 0 fully saturated rings. The lowest BCUT2D eigenvalue weighted by Gasteiger charge is -2.13. The summed E-state index contributed by atoms with van der Waals surface area (Å²) in [7, 11) is 0. The molecule has 0 saturated heterocycles. The lowest BCUT2D eigenvalue weighted by Crippen LogP contribution is -2.46. The molecule has 1 atom stereocenters. The van der Waals surface area contributed by atoms with Gasteiger partial charge in [0.2, 0.25) is 11.8 Å². The van der Waals surface area contributed by atoms with Crippen molar-refractivity contribution in [2.75, 3.05) is 12.3 Å². The van der Waals surface area contributed by atoms with Crippen molar-refractivity contribution >= 4 is 17.6 Å². The van der Waals surface area contributed by atoms with Gasteiger partial charge in [0.15, 0.2) is 0 Å². The van der Waals surface area contributed by atoms with E-state index in [2.05, 4.69) is 15.7 Å². The van der Waals surface area contributed by atoms with Crippen molar-refractivity contribution in [2.45, 2.75) is 32.9 Å². The minimum absolute atomic E-state index is 0.0442. The molecule has 0 saturated carbocycles. The molecule has 0 aromatic carbocycles. The number of carbonyl (C=O) groups is 2. The van der Waals surface area contributed by atoms with Crippen LogP contribution in [0.5, 0.6) is 0 Å². The maximum Gasteiger partial charge on any atom is 0.242 e. The number of nitrogens with two attached hydrogens (primary N) is 1. The van der Waals surface area contributed by atoms with Crippen molar-refractivity contribution in [1.82, 2.24) is 20.4 Å². The largest absolute Gasteiger partial charge is 0.382 e. The highest BCUT2D eigenvalue weighted by atomic mass is 16.2. The summed E-state index contributed by atoms with van der Waals surface area (Å²) in [6.45, 7) is 4.25. The minimum Gasteiger partial charge on any atom is -0.382 e. The molecule has 0 aliphatic rings. The van der Waals surface area contributed by atoms with Crippen molar-refractivity contribution in [3.63, 3.8) is 0 Å². The molecule has 0 aliphatic carbocycles. The fourth-order valence-corrected chi connectivity index (χ4v) is 1.37. The van der Waals surface area contributed by atoms with Gasteiger partial charge in [0.25, 0.3) is 0 Å². The number of hydrogen-bond donors (Lipinski definition) is 3. The van der Waals surface area contributed by atoms with Crippen LogP contribution < -0.4 is 16.4 Å². The summed E-state index contributed by atoms with van der Waals surface area (Å²) < 4.78 is 1.42. The van der Waals surface area contributed by atoms with E-state index in [-0.39, 0.29) is 18.4 Å². The highest BCUT2D eigenvalue weighted by molar-refractivity contribution is 5.87. The van der Waals surface area contributed by atoms with Crippen LogP contribution in [-0.4, -0.2) is 34.2 Å². The zero-order chi connectivity index (χ0) is 13.5. The highest BCUT2D eigenvalue weighted by Crippen LogP contribution is 1.95. The summed E-state index contributed by atoms with van der Waals surface area (Å²) in [5.74, 6) is -0.112. The van der Waals surface area contributed by atoms with Gasteiger partial charge in [0.05, 0.1) is 0 Å². The van der Waals surface area contributed by atoms with Gasteiger partial charge in [0.1, 0.15) is 18.4 Å². The van der Waals surface area contributed by atoms with E-state index in [1.165, 1.54) is 4.68 Å². The van der Waals surface area contributed by atoms with Crippen LogP contribution in [0.1, 0.15) is 20.3 Å². The smallest absolute Gasteiger partial charge is 0.242 e. The standard InChI is InChI=1S/C11H19N5O2/c1-3-5-13-11(18)8(2)14-10(17)7-16-6-4-9(12)15-16/h4,6,8H,3,5,7H2,1-2H3,(H2,12,15)(H,13,18)(H,14,17). The molecule has 1 aromatic rings. The van der Waals surface area contributed by atoms with Crippen molar-refractivity contribution in [1.29, 1.82) is 0 Å². The molecule has 0 bridgehead atoms. The lowest BCUT2D eigenvalue weighted by molar-refractivity contribution is -0.128. The third-order valence-corrected chi connectivity index (χ3v) is 2.29. The maximum absolute atomic E-state index is 11.6. The van der Waals surface area contributed by atoms with E-state index >= 15 is 0 Å². The second kappa shape index (κ2) is 6.63. The normalized spacial score (nSPS) is 11.9. The third kappa shape index (κ3) is 4.44. The Kier molecular flexibility index (Phi) is 5.16. The molecule has 18 heavy (non-hydrogen) atoms. The highest BCUT2D eigenvalue weighted by Gasteiger charge is 2.15. The summed E-state index contributed by atoms with van der Waals surface area (Å²) in [4.78, 5) is 23.1. The van der Waals surface area contributed by atoms with Gasteiger partial charge in [-0.3, -0.25) is 14.3 Å². The van der Waals surface area contributed by atoms with Crippen molar-refractivity contribution < 1.29 is 9.59 Å². The maximum atomic E-state index is 11.6. The molecular formula is C11H19N5O2. The first-order valence-electron chi connectivity index (χ1n) is 5.89. The van der Waals surface area contributed by atoms with Gasteiger partial charge in [-0.1, -0.05) is 6.92 Å². The number of nitrogens with one attached hydrogen (secondary N) is 2. The minimum atomic E-state index is -0.558. The molecule has 1 aromatic heterocycles. The van der Waals surface area contributed by atoms with Gasteiger partial charge < -0.3 is 16.4 Å². The van der Waals surface area contributed by atoms with Crippen LogP contribution in [0.3, 0.4) is 0 Å². The Morgan fingerprint density at radius 2 is 2.28 bits per heavy atom. The molecule has 2 amide bonds. The number of amides is 2. The first-order chi connectivity index (χ1) is 8.52. The first kappa shape index (κ1) is 14.0.